The van der Waals surface area contributed by atoms with Crippen LogP contribution in [0.2, 0.25) is 0 Å². The second-order valence-electron chi connectivity index (χ2n) is 5.09. The maximum Gasteiger partial charge on any atom is 0.266 e. The summed E-state index contributed by atoms with van der Waals surface area (Å²) in [6.45, 7) is 4.28. The van der Waals surface area contributed by atoms with Crippen LogP contribution >= 0.6 is 0 Å². The maximum absolute atomic E-state index is 12.1. The molecule has 0 spiro atoms. The predicted molar refractivity (Wildman–Crippen MR) is 70.3 cm³/mol. The van der Waals surface area contributed by atoms with Gasteiger partial charge in [0.15, 0.2) is 0 Å². The van der Waals surface area contributed by atoms with Crippen molar-refractivity contribution < 1.29 is 4.79 Å². The fourth-order valence-electron chi connectivity index (χ4n) is 2.47. The Balaban J connectivity index is 2.19. The molecule has 0 fully saturated rings. The molecule has 3 heterocycles. The van der Waals surface area contributed by atoms with Crippen LogP contribution in [-0.4, -0.2) is 15.5 Å². The first-order valence-corrected chi connectivity index (χ1v) is 6.09. The van der Waals surface area contributed by atoms with Crippen molar-refractivity contribution in [2.24, 2.45) is 5.92 Å². The molecule has 0 aromatic carbocycles. The van der Waals surface area contributed by atoms with Crippen LogP contribution in [0, 0.1) is 5.92 Å². The molecule has 2 N–H and O–H groups in total. The minimum Gasteiger partial charge on any atom is -0.383 e. The summed E-state index contributed by atoms with van der Waals surface area (Å²) in [6.07, 6.45) is 2.63. The van der Waals surface area contributed by atoms with Gasteiger partial charge in [-0.3, -0.25) is 9.36 Å². The zero-order valence-electron chi connectivity index (χ0n) is 10.5. The lowest BCUT2D eigenvalue weighted by Gasteiger charge is -2.08. The van der Waals surface area contributed by atoms with E-state index in [0.717, 1.165) is 23.4 Å². The molecule has 92 valence electrons. The first-order chi connectivity index (χ1) is 8.58. The van der Waals surface area contributed by atoms with E-state index in [0.29, 0.717) is 17.3 Å². The highest BCUT2D eigenvalue weighted by Crippen LogP contribution is 2.35. The lowest BCUT2D eigenvalue weighted by molar-refractivity contribution is 0.0970. The molecule has 0 amide bonds. The zero-order valence-corrected chi connectivity index (χ0v) is 10.5. The Morgan fingerprint density at radius 2 is 2.22 bits per heavy atom. The Morgan fingerprint density at radius 1 is 1.44 bits per heavy atom. The van der Waals surface area contributed by atoms with Crippen LogP contribution < -0.4 is 5.73 Å². The number of carbonyl (C=O) groups is 1. The van der Waals surface area contributed by atoms with Gasteiger partial charge in [0.1, 0.15) is 5.82 Å². The highest BCUT2D eigenvalue weighted by molar-refractivity contribution is 6.12. The average Bonchev–Trinajstić information content (AvgIpc) is 2.82. The Labute approximate surface area is 105 Å². The van der Waals surface area contributed by atoms with Gasteiger partial charge >= 0.3 is 0 Å². The standard InChI is InChI=1S/C14H15N3O/c1-8(2)6-9-7-10-11-4-3-5-17(11)14(18)12(10)13(15)16-9/h3-5,7-8H,6H2,1-2H3,(H2,15,16). The third-order valence-corrected chi connectivity index (χ3v) is 3.18. The summed E-state index contributed by atoms with van der Waals surface area (Å²) in [5.74, 6) is 0.779. The number of nitrogens with zero attached hydrogens (tertiary/aromatic N) is 2. The van der Waals surface area contributed by atoms with Gasteiger partial charge in [-0.25, -0.2) is 4.98 Å². The van der Waals surface area contributed by atoms with Gasteiger partial charge in [0.25, 0.3) is 5.91 Å². The van der Waals surface area contributed by atoms with Crippen LogP contribution in [0.25, 0.3) is 11.3 Å². The van der Waals surface area contributed by atoms with Gasteiger partial charge in [-0.1, -0.05) is 13.8 Å². The number of fused-ring (bicyclic) bond motifs is 3. The van der Waals surface area contributed by atoms with Gasteiger partial charge in [0.05, 0.1) is 11.3 Å². The summed E-state index contributed by atoms with van der Waals surface area (Å²) < 4.78 is 1.63. The van der Waals surface area contributed by atoms with Crippen molar-refractivity contribution in [2.75, 3.05) is 5.73 Å². The lowest BCUT2D eigenvalue weighted by atomic mass is 10.0. The maximum atomic E-state index is 12.1. The van der Waals surface area contributed by atoms with E-state index in [1.807, 2.05) is 18.2 Å². The van der Waals surface area contributed by atoms with Crippen LogP contribution in [0.4, 0.5) is 5.82 Å². The number of pyridine rings is 1. The first-order valence-electron chi connectivity index (χ1n) is 6.09. The van der Waals surface area contributed by atoms with E-state index in [-0.39, 0.29) is 5.91 Å². The highest BCUT2D eigenvalue weighted by atomic mass is 16.2. The van der Waals surface area contributed by atoms with E-state index in [1.54, 1.807) is 10.8 Å². The summed E-state index contributed by atoms with van der Waals surface area (Å²) in [7, 11) is 0. The topological polar surface area (TPSA) is 60.9 Å². The number of nitrogens with two attached hydrogens (primary N) is 1. The molecule has 1 aliphatic rings. The van der Waals surface area contributed by atoms with E-state index >= 15 is 0 Å². The van der Waals surface area contributed by atoms with Crippen molar-refractivity contribution in [3.63, 3.8) is 0 Å². The largest absolute Gasteiger partial charge is 0.383 e. The number of anilines is 1. The lowest BCUT2D eigenvalue weighted by Crippen LogP contribution is -2.09. The molecule has 0 saturated heterocycles. The van der Waals surface area contributed by atoms with Gasteiger partial charge in [-0.05, 0) is 30.5 Å². The quantitative estimate of drug-likeness (QED) is 0.749. The van der Waals surface area contributed by atoms with Crippen molar-refractivity contribution in [2.45, 2.75) is 20.3 Å². The summed E-state index contributed by atoms with van der Waals surface area (Å²) in [6, 6.07) is 5.79. The van der Waals surface area contributed by atoms with Crippen LogP contribution in [0.3, 0.4) is 0 Å². The summed E-state index contributed by atoms with van der Waals surface area (Å²) >= 11 is 0. The molecule has 0 unspecified atom stereocenters. The van der Waals surface area contributed by atoms with Gasteiger partial charge in [0.2, 0.25) is 0 Å². The Hall–Kier alpha value is -2.10. The molecular weight excluding hydrogens is 226 g/mol. The smallest absolute Gasteiger partial charge is 0.266 e. The Morgan fingerprint density at radius 3 is 2.94 bits per heavy atom. The van der Waals surface area contributed by atoms with E-state index in [2.05, 4.69) is 18.8 Å². The third kappa shape index (κ3) is 1.45. The molecule has 18 heavy (non-hydrogen) atoms. The normalized spacial score (nSPS) is 12.9. The molecule has 2 aromatic rings. The molecular formula is C14H15N3O. The SMILES string of the molecule is CC(C)Cc1cc2c(c(N)n1)C(=O)n1cccc1-2. The number of rotatable bonds is 2. The van der Waals surface area contributed by atoms with E-state index in [4.69, 9.17) is 5.73 Å². The molecule has 3 rings (SSSR count). The summed E-state index contributed by atoms with van der Waals surface area (Å²) in [4.78, 5) is 16.5. The van der Waals surface area contributed by atoms with Crippen molar-refractivity contribution in [1.82, 2.24) is 9.55 Å². The van der Waals surface area contributed by atoms with Crippen molar-refractivity contribution in [1.29, 1.82) is 0 Å². The zero-order chi connectivity index (χ0) is 12.9. The summed E-state index contributed by atoms with van der Waals surface area (Å²) in [5, 5.41) is 0. The second-order valence-corrected chi connectivity index (χ2v) is 5.09. The highest BCUT2D eigenvalue weighted by Gasteiger charge is 2.29. The van der Waals surface area contributed by atoms with Crippen molar-refractivity contribution in [3.05, 3.63) is 35.7 Å². The molecule has 4 nitrogen and oxygen atoms in total. The minimum atomic E-state index is -0.0777. The number of hydrogen-bond donors (Lipinski definition) is 1. The minimum absolute atomic E-state index is 0.0777. The summed E-state index contributed by atoms with van der Waals surface area (Å²) in [5.41, 5.74) is 9.24. The van der Waals surface area contributed by atoms with E-state index < -0.39 is 0 Å². The number of hydrogen-bond acceptors (Lipinski definition) is 3. The van der Waals surface area contributed by atoms with Crippen LogP contribution in [0.5, 0.6) is 0 Å². The van der Waals surface area contributed by atoms with Gasteiger partial charge in [0, 0.05) is 17.5 Å². The number of nitrogen functional groups attached to an aromatic ring is 1. The fourth-order valence-corrected chi connectivity index (χ4v) is 2.47. The second kappa shape index (κ2) is 3.70. The third-order valence-electron chi connectivity index (χ3n) is 3.18. The van der Waals surface area contributed by atoms with E-state index in [1.165, 1.54) is 0 Å². The molecule has 0 atom stereocenters. The first kappa shape index (κ1) is 11.0. The molecule has 4 heteroatoms. The monoisotopic (exact) mass is 241 g/mol. The molecule has 0 aliphatic carbocycles. The number of carbonyl (C=O) groups excluding carboxylic acids is 1. The fraction of sp³-hybridized carbons (Fsp3) is 0.286. The van der Waals surface area contributed by atoms with E-state index in [9.17, 15) is 4.79 Å². The number of aromatic nitrogens is 2. The van der Waals surface area contributed by atoms with Crippen LogP contribution in [0.15, 0.2) is 24.4 Å². The predicted octanol–water partition coefficient (Wildman–Crippen LogP) is 2.33. The Kier molecular flexibility index (Phi) is 2.26. The van der Waals surface area contributed by atoms with Gasteiger partial charge < -0.3 is 5.73 Å². The Bertz CT molecular complexity index is 640. The molecule has 2 aromatic heterocycles. The molecule has 0 saturated carbocycles. The van der Waals surface area contributed by atoms with Gasteiger partial charge in [-0.15, -0.1) is 0 Å². The van der Waals surface area contributed by atoms with Crippen LogP contribution in [-0.2, 0) is 6.42 Å². The van der Waals surface area contributed by atoms with Gasteiger partial charge in [-0.2, -0.15) is 0 Å². The molecule has 0 bridgehead atoms. The van der Waals surface area contributed by atoms with Crippen LogP contribution in [0.1, 0.15) is 29.9 Å². The molecule has 1 aliphatic heterocycles. The average molecular weight is 241 g/mol. The van der Waals surface area contributed by atoms with Crippen molar-refractivity contribution >= 4 is 11.7 Å². The molecule has 0 radical (unpaired) electrons. The van der Waals surface area contributed by atoms with Crippen molar-refractivity contribution in [3.8, 4) is 11.3 Å².